The van der Waals surface area contributed by atoms with E-state index in [0.717, 1.165) is 0 Å². The van der Waals surface area contributed by atoms with Gasteiger partial charge in [0, 0.05) is 12.6 Å². The number of hydrogen-bond acceptors (Lipinski definition) is 6. The van der Waals surface area contributed by atoms with Crippen molar-refractivity contribution in [1.29, 1.82) is 0 Å². The lowest BCUT2D eigenvalue weighted by molar-refractivity contribution is -0.134. The Balaban J connectivity index is 0.00000243. The average molecular weight is 375 g/mol. The van der Waals surface area contributed by atoms with E-state index >= 15 is 0 Å². The van der Waals surface area contributed by atoms with Crippen molar-refractivity contribution in [2.75, 3.05) is 6.54 Å². The van der Waals surface area contributed by atoms with Gasteiger partial charge in [0.15, 0.2) is 0 Å². The second kappa shape index (κ2) is 8.51. The first-order chi connectivity index (χ1) is 12.1. The van der Waals surface area contributed by atoms with Crippen LogP contribution in [0.3, 0.4) is 0 Å². The number of fused-ring (bicyclic) bond motifs is 1. The first-order valence-corrected chi connectivity index (χ1v) is 7.79. The molecule has 0 atom stereocenters. The molecule has 0 saturated carbocycles. The van der Waals surface area contributed by atoms with E-state index in [-0.39, 0.29) is 36.6 Å². The second-order valence-electron chi connectivity index (χ2n) is 5.40. The number of carbonyl (C=O) groups excluding carboxylic acids is 1. The van der Waals surface area contributed by atoms with Crippen molar-refractivity contribution in [2.45, 2.75) is 13.3 Å². The molecule has 0 unspecified atom stereocenters. The molecule has 2 aromatic carbocycles. The fourth-order valence-electron chi connectivity index (χ4n) is 2.36. The summed E-state index contributed by atoms with van der Waals surface area (Å²) >= 11 is 0. The number of aryl methyl sites for hydroxylation is 1. The lowest BCUT2D eigenvalue weighted by Crippen LogP contribution is -3.00. The summed E-state index contributed by atoms with van der Waals surface area (Å²) in [5.41, 5.74) is 5.35. The van der Waals surface area contributed by atoms with Gasteiger partial charge in [-0.1, -0.05) is 18.2 Å². The Morgan fingerprint density at radius 2 is 1.85 bits per heavy atom. The van der Waals surface area contributed by atoms with Crippen molar-refractivity contribution in [1.82, 2.24) is 0 Å². The minimum absolute atomic E-state index is 0. The zero-order valence-electron chi connectivity index (χ0n) is 14.0. The molecule has 0 fully saturated rings. The van der Waals surface area contributed by atoms with Crippen LogP contribution < -0.4 is 33.0 Å². The Morgan fingerprint density at radius 3 is 2.54 bits per heavy atom. The Morgan fingerprint density at radius 1 is 1.12 bits per heavy atom. The number of hydrogen-bond donors (Lipinski definition) is 1. The zero-order chi connectivity index (χ0) is 17.8. The molecule has 2 N–H and O–H groups in total. The smallest absolute Gasteiger partial charge is 0.312 e. The first-order valence-electron chi connectivity index (χ1n) is 7.79. The number of halogens is 1. The molecule has 0 aliphatic carbocycles. The molecule has 0 amide bonds. The van der Waals surface area contributed by atoms with E-state index in [9.17, 15) is 9.59 Å². The van der Waals surface area contributed by atoms with Crippen LogP contribution in [0.25, 0.3) is 11.0 Å². The summed E-state index contributed by atoms with van der Waals surface area (Å²) in [6.45, 7) is 1.85. The summed E-state index contributed by atoms with van der Waals surface area (Å²) in [5, 5.41) is 0.343. The van der Waals surface area contributed by atoms with Crippen LogP contribution >= 0.6 is 0 Å². The van der Waals surface area contributed by atoms with Crippen LogP contribution in [0.5, 0.6) is 17.2 Å². The number of nitrogens with two attached hydrogens (primary N) is 1. The molecule has 0 saturated heterocycles. The molecule has 0 aliphatic heterocycles. The summed E-state index contributed by atoms with van der Waals surface area (Å²) < 4.78 is 16.5. The molecule has 6 nitrogen and oxygen atoms in total. The predicted molar refractivity (Wildman–Crippen MR) is 93.0 cm³/mol. The highest BCUT2D eigenvalue weighted by Crippen LogP contribution is 2.27. The molecule has 0 spiro atoms. The maximum atomic E-state index is 12.7. The third-order valence-electron chi connectivity index (χ3n) is 3.53. The molecule has 7 heteroatoms. The maximum Gasteiger partial charge on any atom is 0.312 e. The van der Waals surface area contributed by atoms with Crippen LogP contribution in [0.2, 0.25) is 0 Å². The van der Waals surface area contributed by atoms with Crippen molar-refractivity contribution < 1.29 is 31.1 Å². The summed E-state index contributed by atoms with van der Waals surface area (Å²) in [4.78, 5) is 24.2. The van der Waals surface area contributed by atoms with Gasteiger partial charge in [-0.3, -0.25) is 9.59 Å². The molecular formula is C19H17ClNO5-. The fourth-order valence-corrected chi connectivity index (χ4v) is 2.36. The number of ether oxygens (including phenoxy) is 2. The van der Waals surface area contributed by atoms with Gasteiger partial charge in [0.05, 0.1) is 11.8 Å². The van der Waals surface area contributed by atoms with Gasteiger partial charge >= 0.3 is 5.97 Å². The Bertz CT molecular complexity index is 969. The van der Waals surface area contributed by atoms with Crippen molar-refractivity contribution >= 4 is 16.9 Å². The largest absolute Gasteiger partial charge is 1.00 e. The van der Waals surface area contributed by atoms with Gasteiger partial charge < -0.3 is 32.0 Å². The number of carbonyl (C=O) groups is 1. The Labute approximate surface area is 155 Å². The molecule has 26 heavy (non-hydrogen) atoms. The quantitative estimate of drug-likeness (QED) is 0.505. The molecule has 3 aromatic rings. The molecule has 1 aromatic heterocycles. The van der Waals surface area contributed by atoms with Crippen LogP contribution in [0.1, 0.15) is 12.2 Å². The van der Waals surface area contributed by atoms with Crippen molar-refractivity contribution in [2.24, 2.45) is 5.73 Å². The van der Waals surface area contributed by atoms with Crippen molar-refractivity contribution in [3.63, 3.8) is 0 Å². The van der Waals surface area contributed by atoms with E-state index in [1.165, 1.54) is 12.1 Å². The van der Waals surface area contributed by atoms with Crippen molar-refractivity contribution in [3.8, 4) is 17.2 Å². The summed E-state index contributed by atoms with van der Waals surface area (Å²) in [6.07, 6.45) is 0.116. The van der Waals surface area contributed by atoms with Crippen molar-refractivity contribution in [3.05, 3.63) is 64.5 Å². The van der Waals surface area contributed by atoms with E-state index in [1.54, 1.807) is 25.1 Å². The topological polar surface area (TPSA) is 91.8 Å². The monoisotopic (exact) mass is 374 g/mol. The zero-order valence-corrected chi connectivity index (χ0v) is 14.8. The van der Waals surface area contributed by atoms with E-state index < -0.39 is 5.97 Å². The van der Waals surface area contributed by atoms with E-state index in [0.29, 0.717) is 28.2 Å². The van der Waals surface area contributed by atoms with Crippen LogP contribution in [-0.2, 0) is 4.79 Å². The Hall–Kier alpha value is -2.83. The lowest BCUT2D eigenvalue weighted by atomic mass is 10.2. The predicted octanol–water partition coefficient (Wildman–Crippen LogP) is 0.152. The van der Waals surface area contributed by atoms with Gasteiger partial charge in [0.1, 0.15) is 22.8 Å². The lowest BCUT2D eigenvalue weighted by Gasteiger charge is -2.09. The van der Waals surface area contributed by atoms with Gasteiger partial charge in [0.25, 0.3) is 0 Å². The SMILES string of the molecule is Cc1oc2cc(OC(=O)CCN)ccc2c(=O)c1Oc1ccccc1.[Cl-]. The molecule has 1 heterocycles. The Kier molecular flexibility index (Phi) is 6.38. The minimum atomic E-state index is -0.440. The molecule has 0 aliphatic rings. The van der Waals surface area contributed by atoms with Gasteiger partial charge in [-0.05, 0) is 31.2 Å². The average Bonchev–Trinajstić information content (AvgIpc) is 2.59. The van der Waals surface area contributed by atoms with Gasteiger partial charge in [-0.15, -0.1) is 0 Å². The fraction of sp³-hybridized carbons (Fsp3) is 0.158. The molecular weight excluding hydrogens is 358 g/mol. The normalized spacial score (nSPS) is 10.2. The maximum absolute atomic E-state index is 12.7. The van der Waals surface area contributed by atoms with Crippen LogP contribution in [-0.4, -0.2) is 12.5 Å². The highest BCUT2D eigenvalue weighted by Gasteiger charge is 2.15. The van der Waals surface area contributed by atoms with Gasteiger partial charge in [0.2, 0.25) is 11.2 Å². The second-order valence-corrected chi connectivity index (χ2v) is 5.40. The van der Waals surface area contributed by atoms with E-state index in [1.807, 2.05) is 18.2 Å². The third kappa shape index (κ3) is 4.22. The molecule has 0 radical (unpaired) electrons. The van der Waals surface area contributed by atoms with E-state index in [2.05, 4.69) is 0 Å². The standard InChI is InChI=1S/C19H17NO5.ClH/c1-12-19(25-13-5-3-2-4-6-13)18(22)15-8-7-14(11-16(15)23-12)24-17(21)9-10-20;/h2-8,11H,9-10,20H2,1H3;1H/p-1. The van der Waals surface area contributed by atoms with Gasteiger partial charge in [-0.2, -0.15) is 0 Å². The third-order valence-corrected chi connectivity index (χ3v) is 3.53. The summed E-state index contributed by atoms with van der Waals surface area (Å²) in [6, 6.07) is 13.6. The highest BCUT2D eigenvalue weighted by molar-refractivity contribution is 5.81. The molecule has 3 rings (SSSR count). The molecule has 136 valence electrons. The first kappa shape index (κ1) is 19.5. The van der Waals surface area contributed by atoms with E-state index in [4.69, 9.17) is 19.6 Å². The molecule has 0 bridgehead atoms. The number of para-hydroxylation sites is 1. The summed E-state index contributed by atoms with van der Waals surface area (Å²) in [7, 11) is 0. The minimum Gasteiger partial charge on any atom is -1.00 e. The van der Waals surface area contributed by atoms with Crippen LogP contribution in [0, 0.1) is 6.92 Å². The summed E-state index contributed by atoms with van der Waals surface area (Å²) in [5.74, 6) is 0.873. The highest BCUT2D eigenvalue weighted by atomic mass is 35.5. The number of esters is 1. The van der Waals surface area contributed by atoms with Crippen LogP contribution in [0.4, 0.5) is 0 Å². The number of rotatable bonds is 5. The number of benzene rings is 2. The van der Waals surface area contributed by atoms with Gasteiger partial charge in [-0.25, -0.2) is 0 Å². The van der Waals surface area contributed by atoms with Crippen LogP contribution in [0.15, 0.2) is 57.7 Å².